The standard InChI is InChI=1S/C14H18N2O3/c1-9-15-12-6-10(4-5-13(12)19-9)16-11-7-17-14(2,3)18-8-11/h4-6,11,16H,7-8H2,1-3H3. The maximum absolute atomic E-state index is 5.62. The van der Waals surface area contributed by atoms with Crippen LogP contribution in [0.3, 0.4) is 0 Å². The minimum Gasteiger partial charge on any atom is -0.441 e. The van der Waals surface area contributed by atoms with Crippen LogP contribution in [0.4, 0.5) is 5.69 Å². The lowest BCUT2D eigenvalue weighted by atomic mass is 10.2. The largest absolute Gasteiger partial charge is 0.441 e. The Labute approximate surface area is 111 Å². The summed E-state index contributed by atoms with van der Waals surface area (Å²) in [6, 6.07) is 6.03. The van der Waals surface area contributed by atoms with Gasteiger partial charge in [-0.15, -0.1) is 0 Å². The number of nitrogens with zero attached hydrogens (tertiary/aromatic N) is 1. The van der Waals surface area contributed by atoms with E-state index in [0.29, 0.717) is 19.1 Å². The maximum atomic E-state index is 5.62. The quantitative estimate of drug-likeness (QED) is 0.901. The molecule has 0 bridgehead atoms. The van der Waals surface area contributed by atoms with Crippen LogP contribution >= 0.6 is 0 Å². The average molecular weight is 262 g/mol. The van der Waals surface area contributed by atoms with E-state index in [4.69, 9.17) is 13.9 Å². The van der Waals surface area contributed by atoms with E-state index in [1.165, 1.54) is 0 Å². The third-order valence-electron chi connectivity index (χ3n) is 3.13. The molecule has 2 heterocycles. The molecule has 0 spiro atoms. The Morgan fingerprint density at radius 1 is 1.26 bits per heavy atom. The van der Waals surface area contributed by atoms with Crippen molar-refractivity contribution in [3.8, 4) is 0 Å². The van der Waals surface area contributed by atoms with Gasteiger partial charge in [-0.1, -0.05) is 0 Å². The number of hydrogen-bond acceptors (Lipinski definition) is 5. The van der Waals surface area contributed by atoms with E-state index in [0.717, 1.165) is 16.8 Å². The molecule has 19 heavy (non-hydrogen) atoms. The molecule has 0 saturated carbocycles. The second kappa shape index (κ2) is 4.51. The molecule has 2 aromatic rings. The van der Waals surface area contributed by atoms with E-state index in [2.05, 4.69) is 10.3 Å². The second-order valence-corrected chi connectivity index (χ2v) is 5.28. The first kappa shape index (κ1) is 12.4. The summed E-state index contributed by atoms with van der Waals surface area (Å²) in [6.07, 6.45) is 0. The summed E-state index contributed by atoms with van der Waals surface area (Å²) in [5, 5.41) is 3.39. The van der Waals surface area contributed by atoms with E-state index < -0.39 is 5.79 Å². The van der Waals surface area contributed by atoms with Gasteiger partial charge in [-0.25, -0.2) is 4.98 Å². The van der Waals surface area contributed by atoms with E-state index in [9.17, 15) is 0 Å². The molecule has 102 valence electrons. The first-order chi connectivity index (χ1) is 9.02. The number of anilines is 1. The zero-order chi connectivity index (χ0) is 13.5. The molecule has 3 rings (SSSR count). The number of aryl methyl sites for hydroxylation is 1. The van der Waals surface area contributed by atoms with Gasteiger partial charge in [-0.05, 0) is 32.0 Å². The molecule has 5 heteroatoms. The number of aromatic nitrogens is 1. The number of hydrogen-bond donors (Lipinski definition) is 1. The van der Waals surface area contributed by atoms with Gasteiger partial charge >= 0.3 is 0 Å². The van der Waals surface area contributed by atoms with Gasteiger partial charge in [0.25, 0.3) is 0 Å². The summed E-state index contributed by atoms with van der Waals surface area (Å²) in [5.41, 5.74) is 2.67. The average Bonchev–Trinajstić information content (AvgIpc) is 2.71. The van der Waals surface area contributed by atoms with Crippen molar-refractivity contribution in [1.82, 2.24) is 4.98 Å². The van der Waals surface area contributed by atoms with Crippen molar-refractivity contribution in [3.63, 3.8) is 0 Å². The lowest BCUT2D eigenvalue weighted by Crippen LogP contribution is -2.45. The molecule has 0 atom stereocenters. The van der Waals surface area contributed by atoms with Crippen LogP contribution in [-0.4, -0.2) is 30.0 Å². The van der Waals surface area contributed by atoms with Crippen LogP contribution in [0.1, 0.15) is 19.7 Å². The third-order valence-corrected chi connectivity index (χ3v) is 3.13. The molecule has 1 aliphatic heterocycles. The molecule has 0 unspecified atom stereocenters. The summed E-state index contributed by atoms with van der Waals surface area (Å²) in [7, 11) is 0. The summed E-state index contributed by atoms with van der Waals surface area (Å²) in [6.45, 7) is 6.95. The first-order valence-corrected chi connectivity index (χ1v) is 6.43. The van der Waals surface area contributed by atoms with Crippen molar-refractivity contribution in [2.75, 3.05) is 18.5 Å². The van der Waals surface area contributed by atoms with Crippen LogP contribution in [0.2, 0.25) is 0 Å². The highest BCUT2D eigenvalue weighted by atomic mass is 16.7. The van der Waals surface area contributed by atoms with Gasteiger partial charge in [0.05, 0.1) is 19.3 Å². The van der Waals surface area contributed by atoms with Gasteiger partial charge in [0.1, 0.15) is 5.52 Å². The Balaban J connectivity index is 1.71. The van der Waals surface area contributed by atoms with Crippen molar-refractivity contribution in [2.24, 2.45) is 0 Å². The topological polar surface area (TPSA) is 56.5 Å². The number of oxazole rings is 1. The monoisotopic (exact) mass is 262 g/mol. The molecule has 0 aliphatic carbocycles. The number of benzene rings is 1. The zero-order valence-electron chi connectivity index (χ0n) is 11.4. The van der Waals surface area contributed by atoms with Gasteiger partial charge < -0.3 is 19.2 Å². The summed E-state index contributed by atoms with van der Waals surface area (Å²) in [5.74, 6) is 0.198. The molecule has 1 fully saturated rings. The van der Waals surface area contributed by atoms with Crippen molar-refractivity contribution in [2.45, 2.75) is 32.6 Å². The Kier molecular flexibility index (Phi) is 2.95. The molecule has 1 aliphatic rings. The lowest BCUT2D eigenvalue weighted by Gasteiger charge is -2.35. The van der Waals surface area contributed by atoms with Gasteiger partial charge in [0.15, 0.2) is 17.3 Å². The summed E-state index contributed by atoms with van der Waals surface area (Å²) < 4.78 is 16.7. The molecule has 1 aromatic heterocycles. The smallest absolute Gasteiger partial charge is 0.192 e. The molecule has 5 nitrogen and oxygen atoms in total. The van der Waals surface area contributed by atoms with Gasteiger partial charge in [0.2, 0.25) is 0 Å². The number of ether oxygens (including phenoxy) is 2. The van der Waals surface area contributed by atoms with Crippen LogP contribution in [0.25, 0.3) is 11.1 Å². The molecule has 1 N–H and O–H groups in total. The van der Waals surface area contributed by atoms with Crippen molar-refractivity contribution >= 4 is 16.8 Å². The summed E-state index contributed by atoms with van der Waals surface area (Å²) in [4.78, 5) is 4.32. The van der Waals surface area contributed by atoms with Gasteiger partial charge in [-0.2, -0.15) is 0 Å². The maximum Gasteiger partial charge on any atom is 0.192 e. The van der Waals surface area contributed by atoms with Crippen molar-refractivity contribution < 1.29 is 13.9 Å². The second-order valence-electron chi connectivity index (χ2n) is 5.28. The Morgan fingerprint density at radius 2 is 2.00 bits per heavy atom. The fraction of sp³-hybridized carbons (Fsp3) is 0.500. The molecular weight excluding hydrogens is 244 g/mol. The molecule has 1 aromatic carbocycles. The fourth-order valence-corrected chi connectivity index (χ4v) is 2.14. The zero-order valence-corrected chi connectivity index (χ0v) is 11.4. The van der Waals surface area contributed by atoms with E-state index in [1.807, 2.05) is 39.0 Å². The highest BCUT2D eigenvalue weighted by molar-refractivity contribution is 5.77. The highest BCUT2D eigenvalue weighted by Gasteiger charge is 2.28. The van der Waals surface area contributed by atoms with Crippen LogP contribution < -0.4 is 5.32 Å². The van der Waals surface area contributed by atoms with Crippen LogP contribution in [0, 0.1) is 6.92 Å². The molecule has 1 saturated heterocycles. The van der Waals surface area contributed by atoms with Gasteiger partial charge in [0, 0.05) is 12.6 Å². The predicted octanol–water partition coefficient (Wildman–Crippen LogP) is 2.70. The van der Waals surface area contributed by atoms with E-state index >= 15 is 0 Å². The number of nitrogens with one attached hydrogen (secondary N) is 1. The van der Waals surface area contributed by atoms with Crippen molar-refractivity contribution in [3.05, 3.63) is 24.1 Å². The first-order valence-electron chi connectivity index (χ1n) is 6.43. The third kappa shape index (κ3) is 2.72. The van der Waals surface area contributed by atoms with Crippen LogP contribution in [0.5, 0.6) is 0 Å². The normalized spacial score (nSPS) is 19.7. The Morgan fingerprint density at radius 3 is 2.74 bits per heavy atom. The number of rotatable bonds is 2. The Hall–Kier alpha value is -1.59. The molecule has 0 amide bonds. The highest BCUT2D eigenvalue weighted by Crippen LogP contribution is 2.22. The van der Waals surface area contributed by atoms with E-state index in [1.54, 1.807) is 0 Å². The minimum atomic E-state index is -0.481. The summed E-state index contributed by atoms with van der Waals surface area (Å²) >= 11 is 0. The van der Waals surface area contributed by atoms with Crippen LogP contribution in [0.15, 0.2) is 22.6 Å². The minimum absolute atomic E-state index is 0.151. The van der Waals surface area contributed by atoms with Crippen molar-refractivity contribution in [1.29, 1.82) is 0 Å². The fourth-order valence-electron chi connectivity index (χ4n) is 2.14. The van der Waals surface area contributed by atoms with Gasteiger partial charge in [-0.3, -0.25) is 0 Å². The number of fused-ring (bicyclic) bond motifs is 1. The lowest BCUT2D eigenvalue weighted by molar-refractivity contribution is -0.247. The van der Waals surface area contributed by atoms with E-state index in [-0.39, 0.29) is 6.04 Å². The molecular formula is C14H18N2O3. The molecule has 0 radical (unpaired) electrons. The predicted molar refractivity (Wildman–Crippen MR) is 72.1 cm³/mol. The van der Waals surface area contributed by atoms with Crippen LogP contribution in [-0.2, 0) is 9.47 Å². The SMILES string of the molecule is Cc1nc2cc(NC3COC(C)(C)OC3)ccc2o1. The Bertz CT molecular complexity index is 581.